The van der Waals surface area contributed by atoms with E-state index < -0.39 is 0 Å². The molecule has 1 heterocycles. The molecule has 0 aromatic carbocycles. The van der Waals surface area contributed by atoms with Crippen LogP contribution in [-0.2, 0) is 0 Å². The summed E-state index contributed by atoms with van der Waals surface area (Å²) < 4.78 is 0. The number of amides is 1. The molecular formula is C14H20N4O2. The van der Waals surface area contributed by atoms with E-state index in [9.17, 15) is 4.79 Å². The van der Waals surface area contributed by atoms with Crippen LogP contribution in [0.4, 0.5) is 0 Å². The van der Waals surface area contributed by atoms with E-state index in [1.165, 1.54) is 6.20 Å². The summed E-state index contributed by atoms with van der Waals surface area (Å²) in [7, 11) is 0. The maximum absolute atomic E-state index is 12.5. The summed E-state index contributed by atoms with van der Waals surface area (Å²) in [5.41, 5.74) is 6.36. The summed E-state index contributed by atoms with van der Waals surface area (Å²) >= 11 is 0. The van der Waals surface area contributed by atoms with Crippen LogP contribution in [0.1, 0.15) is 42.7 Å². The number of nitrogens with zero attached hydrogens (tertiary/aromatic N) is 3. The fourth-order valence-corrected chi connectivity index (χ4v) is 2.05. The standard InChI is InChI=1S/C14H20N4O2/c1-9(2)8-18(11-4-5-11)14(19)12-6-3-10(7-16-12)13(15)17-20/h3,6-7,9,11,20H,4-5,8H2,1-2H3,(H2,15,17). The van der Waals surface area contributed by atoms with E-state index in [0.29, 0.717) is 23.2 Å². The van der Waals surface area contributed by atoms with Crippen molar-refractivity contribution in [3.05, 3.63) is 29.6 Å². The monoisotopic (exact) mass is 276 g/mol. The van der Waals surface area contributed by atoms with Crippen molar-refractivity contribution in [2.24, 2.45) is 16.8 Å². The predicted molar refractivity (Wildman–Crippen MR) is 75.6 cm³/mol. The van der Waals surface area contributed by atoms with Crippen molar-refractivity contribution >= 4 is 11.7 Å². The minimum Gasteiger partial charge on any atom is -0.409 e. The molecule has 6 nitrogen and oxygen atoms in total. The molecule has 0 bridgehead atoms. The molecule has 1 aliphatic rings. The van der Waals surface area contributed by atoms with Gasteiger partial charge in [-0.15, -0.1) is 0 Å². The quantitative estimate of drug-likeness (QED) is 0.368. The average Bonchev–Trinajstić information content (AvgIpc) is 3.27. The van der Waals surface area contributed by atoms with Crippen LogP contribution in [-0.4, -0.2) is 39.4 Å². The zero-order valence-corrected chi connectivity index (χ0v) is 11.8. The first-order valence-corrected chi connectivity index (χ1v) is 6.78. The van der Waals surface area contributed by atoms with Gasteiger partial charge in [-0.3, -0.25) is 9.78 Å². The molecule has 0 atom stereocenters. The van der Waals surface area contributed by atoms with Crippen LogP contribution >= 0.6 is 0 Å². The Morgan fingerprint density at radius 1 is 1.55 bits per heavy atom. The maximum atomic E-state index is 12.5. The minimum absolute atomic E-state index is 0.0160. The predicted octanol–water partition coefficient (Wildman–Crippen LogP) is 1.44. The molecule has 1 amide bonds. The van der Waals surface area contributed by atoms with E-state index in [-0.39, 0.29) is 11.7 Å². The number of amidine groups is 1. The van der Waals surface area contributed by atoms with E-state index in [0.717, 1.165) is 19.4 Å². The Bertz CT molecular complexity index is 506. The topological polar surface area (TPSA) is 91.8 Å². The first kappa shape index (κ1) is 14.3. The maximum Gasteiger partial charge on any atom is 0.272 e. The lowest BCUT2D eigenvalue weighted by Gasteiger charge is -2.24. The lowest BCUT2D eigenvalue weighted by Crippen LogP contribution is -2.36. The van der Waals surface area contributed by atoms with Crippen molar-refractivity contribution in [3.8, 4) is 0 Å². The highest BCUT2D eigenvalue weighted by molar-refractivity contribution is 5.98. The van der Waals surface area contributed by atoms with E-state index in [4.69, 9.17) is 10.9 Å². The van der Waals surface area contributed by atoms with Gasteiger partial charge < -0.3 is 15.8 Å². The van der Waals surface area contributed by atoms with Gasteiger partial charge in [-0.1, -0.05) is 19.0 Å². The number of aromatic nitrogens is 1. The normalized spacial score (nSPS) is 15.4. The molecule has 1 fully saturated rings. The molecule has 108 valence electrons. The van der Waals surface area contributed by atoms with Crippen molar-refractivity contribution in [1.82, 2.24) is 9.88 Å². The SMILES string of the molecule is CC(C)CN(C(=O)c1ccc(C(N)=NO)cn1)C1CC1. The van der Waals surface area contributed by atoms with Crippen LogP contribution in [0.3, 0.4) is 0 Å². The van der Waals surface area contributed by atoms with Crippen molar-refractivity contribution < 1.29 is 10.0 Å². The van der Waals surface area contributed by atoms with Gasteiger partial charge >= 0.3 is 0 Å². The molecule has 1 aromatic rings. The van der Waals surface area contributed by atoms with Crippen LogP contribution in [0.5, 0.6) is 0 Å². The third-order valence-corrected chi connectivity index (χ3v) is 3.20. The van der Waals surface area contributed by atoms with Crippen LogP contribution < -0.4 is 5.73 Å². The lowest BCUT2D eigenvalue weighted by atomic mass is 10.2. The van der Waals surface area contributed by atoms with Gasteiger partial charge in [0, 0.05) is 24.3 Å². The molecule has 0 spiro atoms. The Morgan fingerprint density at radius 2 is 2.25 bits per heavy atom. The Hall–Kier alpha value is -2.11. The molecule has 1 aliphatic carbocycles. The number of carbonyl (C=O) groups is 1. The Balaban J connectivity index is 2.15. The highest BCUT2D eigenvalue weighted by atomic mass is 16.4. The van der Waals surface area contributed by atoms with Crippen LogP contribution in [0.15, 0.2) is 23.5 Å². The second-order valence-corrected chi connectivity index (χ2v) is 5.50. The first-order valence-electron chi connectivity index (χ1n) is 6.78. The minimum atomic E-state index is -0.0488. The number of carbonyl (C=O) groups excluding carboxylic acids is 1. The second kappa shape index (κ2) is 5.90. The Kier molecular flexibility index (Phi) is 4.22. The summed E-state index contributed by atoms with van der Waals surface area (Å²) in [6.45, 7) is 4.93. The third kappa shape index (κ3) is 3.26. The lowest BCUT2D eigenvalue weighted by molar-refractivity contribution is 0.0716. The van der Waals surface area contributed by atoms with Gasteiger partial charge in [0.1, 0.15) is 5.69 Å². The molecule has 1 saturated carbocycles. The zero-order valence-electron chi connectivity index (χ0n) is 11.8. The summed E-state index contributed by atoms with van der Waals surface area (Å²) in [5.74, 6) is 0.362. The highest BCUT2D eigenvalue weighted by Crippen LogP contribution is 2.28. The Morgan fingerprint density at radius 3 is 2.70 bits per heavy atom. The fraction of sp³-hybridized carbons (Fsp3) is 0.500. The van der Waals surface area contributed by atoms with Gasteiger partial charge in [0.2, 0.25) is 0 Å². The summed E-state index contributed by atoms with van der Waals surface area (Å²) in [4.78, 5) is 18.5. The number of nitrogens with two attached hydrogens (primary N) is 1. The molecule has 3 N–H and O–H groups in total. The van der Waals surface area contributed by atoms with Gasteiger partial charge in [-0.2, -0.15) is 0 Å². The van der Waals surface area contributed by atoms with Crippen LogP contribution in [0, 0.1) is 5.92 Å². The number of hydrogen-bond acceptors (Lipinski definition) is 4. The first-order chi connectivity index (χ1) is 9.52. The van der Waals surface area contributed by atoms with E-state index in [1.807, 2.05) is 4.90 Å². The molecule has 1 aromatic heterocycles. The van der Waals surface area contributed by atoms with Gasteiger partial charge in [0.05, 0.1) is 0 Å². The fourth-order valence-electron chi connectivity index (χ4n) is 2.05. The molecule has 0 aliphatic heterocycles. The molecule has 2 rings (SSSR count). The van der Waals surface area contributed by atoms with E-state index in [2.05, 4.69) is 24.0 Å². The van der Waals surface area contributed by atoms with E-state index >= 15 is 0 Å². The third-order valence-electron chi connectivity index (χ3n) is 3.20. The smallest absolute Gasteiger partial charge is 0.272 e. The number of hydrogen-bond donors (Lipinski definition) is 2. The molecular weight excluding hydrogens is 256 g/mol. The summed E-state index contributed by atoms with van der Waals surface area (Å²) in [6, 6.07) is 3.61. The molecule has 0 saturated heterocycles. The Labute approximate surface area is 118 Å². The van der Waals surface area contributed by atoms with Crippen LogP contribution in [0.2, 0.25) is 0 Å². The number of pyridine rings is 1. The van der Waals surface area contributed by atoms with E-state index in [1.54, 1.807) is 12.1 Å². The molecule has 6 heteroatoms. The number of rotatable bonds is 5. The van der Waals surface area contributed by atoms with Crippen molar-refractivity contribution in [2.45, 2.75) is 32.7 Å². The van der Waals surface area contributed by atoms with Crippen molar-refractivity contribution in [1.29, 1.82) is 0 Å². The molecule has 20 heavy (non-hydrogen) atoms. The second-order valence-electron chi connectivity index (χ2n) is 5.50. The zero-order chi connectivity index (χ0) is 14.7. The van der Waals surface area contributed by atoms with Gasteiger partial charge in [0.25, 0.3) is 5.91 Å². The van der Waals surface area contributed by atoms with Gasteiger partial charge in [0.15, 0.2) is 5.84 Å². The number of oxime groups is 1. The summed E-state index contributed by atoms with van der Waals surface area (Å²) in [5, 5.41) is 11.5. The van der Waals surface area contributed by atoms with Gasteiger partial charge in [-0.05, 0) is 30.9 Å². The molecule has 0 radical (unpaired) electrons. The largest absolute Gasteiger partial charge is 0.409 e. The highest BCUT2D eigenvalue weighted by Gasteiger charge is 2.33. The van der Waals surface area contributed by atoms with Crippen LogP contribution in [0.25, 0.3) is 0 Å². The van der Waals surface area contributed by atoms with Crippen molar-refractivity contribution in [2.75, 3.05) is 6.54 Å². The molecule has 0 unspecified atom stereocenters. The van der Waals surface area contributed by atoms with Gasteiger partial charge in [-0.25, -0.2) is 0 Å². The van der Waals surface area contributed by atoms with Crippen molar-refractivity contribution in [3.63, 3.8) is 0 Å². The summed E-state index contributed by atoms with van der Waals surface area (Å²) in [6.07, 6.45) is 3.59. The average molecular weight is 276 g/mol.